The molecule has 0 amide bonds. The summed E-state index contributed by atoms with van der Waals surface area (Å²) in [4.78, 5) is 0. The van der Waals surface area contributed by atoms with Gasteiger partial charge in [-0.25, -0.2) is 4.39 Å². The highest BCUT2D eigenvalue weighted by Gasteiger charge is 1.91. The van der Waals surface area contributed by atoms with Crippen LogP contribution in [0.15, 0.2) is 11.9 Å². The van der Waals surface area contributed by atoms with Gasteiger partial charge in [0.1, 0.15) is 5.83 Å². The number of hydrogen-bond acceptors (Lipinski definition) is 0. The molecule has 0 aromatic heterocycles. The van der Waals surface area contributed by atoms with E-state index in [1.54, 1.807) is 0 Å². The summed E-state index contributed by atoms with van der Waals surface area (Å²) in [7, 11) is 0. The standard InChI is InChI=1S/C7H8F2/c1-2-4-7(9)5-3-6-8/h1,4H,3,5-6H2/b7-4+. The summed E-state index contributed by atoms with van der Waals surface area (Å²) in [6.45, 7) is -0.494. The van der Waals surface area contributed by atoms with E-state index in [9.17, 15) is 8.78 Å². The lowest BCUT2D eigenvalue weighted by molar-refractivity contribution is 0.453. The van der Waals surface area contributed by atoms with Crippen molar-refractivity contribution >= 4 is 0 Å². The molecule has 0 heterocycles. The van der Waals surface area contributed by atoms with E-state index in [1.807, 2.05) is 5.92 Å². The Morgan fingerprint density at radius 3 is 2.78 bits per heavy atom. The second-order valence-electron chi connectivity index (χ2n) is 1.55. The molecule has 0 bridgehead atoms. The SMILES string of the molecule is C#C/C=C(/F)CCCF. The lowest BCUT2D eigenvalue weighted by Gasteiger charge is -1.88. The Kier molecular flexibility index (Phi) is 4.81. The molecule has 0 aromatic rings. The van der Waals surface area contributed by atoms with Gasteiger partial charge in [-0.05, 0) is 6.42 Å². The van der Waals surface area contributed by atoms with Crippen LogP contribution < -0.4 is 0 Å². The monoisotopic (exact) mass is 130 g/mol. The highest BCUT2D eigenvalue weighted by atomic mass is 19.1. The summed E-state index contributed by atoms with van der Waals surface area (Å²) in [6, 6.07) is 0. The fraction of sp³-hybridized carbons (Fsp3) is 0.429. The van der Waals surface area contributed by atoms with Crippen molar-refractivity contribution in [2.24, 2.45) is 0 Å². The van der Waals surface area contributed by atoms with E-state index in [0.29, 0.717) is 0 Å². The molecule has 0 unspecified atom stereocenters. The Hall–Kier alpha value is -0.840. The van der Waals surface area contributed by atoms with Crippen LogP contribution in [0.25, 0.3) is 0 Å². The minimum absolute atomic E-state index is 0.112. The van der Waals surface area contributed by atoms with E-state index >= 15 is 0 Å². The summed E-state index contributed by atoms with van der Waals surface area (Å²) in [5.41, 5.74) is 0. The van der Waals surface area contributed by atoms with Gasteiger partial charge in [0.15, 0.2) is 0 Å². The smallest absolute Gasteiger partial charge is 0.108 e. The molecule has 0 saturated heterocycles. The third-order valence-corrected chi connectivity index (χ3v) is 0.789. The first kappa shape index (κ1) is 8.16. The largest absolute Gasteiger partial charge is 0.251 e. The van der Waals surface area contributed by atoms with Gasteiger partial charge < -0.3 is 0 Å². The maximum absolute atomic E-state index is 12.1. The first-order valence-electron chi connectivity index (χ1n) is 2.68. The molecule has 50 valence electrons. The van der Waals surface area contributed by atoms with Gasteiger partial charge in [-0.2, -0.15) is 0 Å². The van der Waals surface area contributed by atoms with Crippen LogP contribution >= 0.6 is 0 Å². The van der Waals surface area contributed by atoms with Crippen LogP contribution in [0, 0.1) is 12.3 Å². The zero-order valence-electron chi connectivity index (χ0n) is 5.03. The third-order valence-electron chi connectivity index (χ3n) is 0.789. The van der Waals surface area contributed by atoms with Crippen LogP contribution in [0.2, 0.25) is 0 Å². The Morgan fingerprint density at radius 1 is 1.67 bits per heavy atom. The van der Waals surface area contributed by atoms with Crippen molar-refractivity contribution < 1.29 is 8.78 Å². The number of alkyl halides is 1. The predicted molar refractivity (Wildman–Crippen MR) is 33.2 cm³/mol. The van der Waals surface area contributed by atoms with Crippen LogP contribution in [-0.2, 0) is 0 Å². The van der Waals surface area contributed by atoms with Crippen molar-refractivity contribution in [1.29, 1.82) is 0 Å². The first-order valence-corrected chi connectivity index (χ1v) is 2.68. The number of halogens is 2. The second-order valence-corrected chi connectivity index (χ2v) is 1.55. The van der Waals surface area contributed by atoms with Gasteiger partial charge in [-0.1, -0.05) is 5.92 Å². The van der Waals surface area contributed by atoms with Gasteiger partial charge in [-0.15, -0.1) is 6.42 Å². The van der Waals surface area contributed by atoms with Crippen molar-refractivity contribution in [1.82, 2.24) is 0 Å². The molecule has 0 saturated carbocycles. The molecule has 0 spiro atoms. The first-order chi connectivity index (χ1) is 4.31. The molecule has 0 atom stereocenters. The molecular formula is C7H8F2. The van der Waals surface area contributed by atoms with Crippen molar-refractivity contribution in [2.75, 3.05) is 6.67 Å². The molecular weight excluding hydrogens is 122 g/mol. The Labute approximate surface area is 53.6 Å². The lowest BCUT2D eigenvalue weighted by Crippen LogP contribution is -1.77. The van der Waals surface area contributed by atoms with Gasteiger partial charge in [0, 0.05) is 12.5 Å². The highest BCUT2D eigenvalue weighted by molar-refractivity contribution is 5.12. The molecule has 9 heavy (non-hydrogen) atoms. The summed E-state index contributed by atoms with van der Waals surface area (Å²) < 4.78 is 23.5. The third kappa shape index (κ3) is 5.02. The average Bonchev–Trinajstić information content (AvgIpc) is 1.85. The van der Waals surface area contributed by atoms with Gasteiger partial charge in [0.2, 0.25) is 0 Å². The van der Waals surface area contributed by atoms with Crippen LogP contribution in [0.5, 0.6) is 0 Å². The molecule has 0 aromatic carbocycles. The van der Waals surface area contributed by atoms with E-state index in [1.165, 1.54) is 0 Å². The fourth-order valence-corrected chi connectivity index (χ4v) is 0.398. The minimum Gasteiger partial charge on any atom is -0.251 e. The molecule has 0 radical (unpaired) electrons. The molecule has 0 aliphatic rings. The van der Waals surface area contributed by atoms with Crippen molar-refractivity contribution in [3.63, 3.8) is 0 Å². The van der Waals surface area contributed by atoms with Crippen LogP contribution in [0.1, 0.15) is 12.8 Å². The van der Waals surface area contributed by atoms with E-state index in [0.717, 1.165) is 6.08 Å². The van der Waals surface area contributed by atoms with Gasteiger partial charge in [0.25, 0.3) is 0 Å². The molecule has 0 aliphatic heterocycles. The molecule has 0 rings (SSSR count). The minimum atomic E-state index is -0.494. The zero-order valence-corrected chi connectivity index (χ0v) is 5.03. The summed E-state index contributed by atoms with van der Waals surface area (Å²) in [5, 5.41) is 0. The zero-order chi connectivity index (χ0) is 7.11. The molecule has 0 N–H and O–H groups in total. The fourth-order valence-electron chi connectivity index (χ4n) is 0.398. The van der Waals surface area contributed by atoms with Crippen LogP contribution in [0.3, 0.4) is 0 Å². The maximum Gasteiger partial charge on any atom is 0.108 e. The molecule has 0 fully saturated rings. The summed E-state index contributed by atoms with van der Waals surface area (Å²) >= 11 is 0. The van der Waals surface area contributed by atoms with Gasteiger partial charge in [0.05, 0.1) is 6.67 Å². The van der Waals surface area contributed by atoms with Gasteiger partial charge >= 0.3 is 0 Å². The summed E-state index contributed by atoms with van der Waals surface area (Å²) in [6.07, 6.45) is 6.07. The van der Waals surface area contributed by atoms with Gasteiger partial charge in [-0.3, -0.25) is 4.39 Å². The Balaban J connectivity index is 3.40. The number of terminal acetylenes is 1. The summed E-state index contributed by atoms with van der Waals surface area (Å²) in [5.74, 6) is 1.60. The normalized spacial score (nSPS) is 11.0. The maximum atomic E-state index is 12.1. The van der Waals surface area contributed by atoms with Crippen LogP contribution in [0.4, 0.5) is 8.78 Å². The molecule has 2 heteroatoms. The highest BCUT2D eigenvalue weighted by Crippen LogP contribution is 2.04. The Morgan fingerprint density at radius 2 is 2.33 bits per heavy atom. The molecule has 0 nitrogen and oxygen atoms in total. The van der Waals surface area contributed by atoms with Crippen molar-refractivity contribution in [2.45, 2.75) is 12.8 Å². The van der Waals surface area contributed by atoms with E-state index in [2.05, 4.69) is 0 Å². The van der Waals surface area contributed by atoms with Crippen molar-refractivity contribution in [3.05, 3.63) is 11.9 Å². The number of hydrogen-bond donors (Lipinski definition) is 0. The topological polar surface area (TPSA) is 0 Å². The Bertz CT molecular complexity index is 130. The van der Waals surface area contributed by atoms with Crippen molar-refractivity contribution in [3.8, 4) is 12.3 Å². The van der Waals surface area contributed by atoms with E-state index in [-0.39, 0.29) is 12.8 Å². The lowest BCUT2D eigenvalue weighted by atomic mass is 10.3. The van der Waals surface area contributed by atoms with Crippen LogP contribution in [-0.4, -0.2) is 6.67 Å². The number of rotatable bonds is 3. The molecule has 0 aliphatic carbocycles. The quantitative estimate of drug-likeness (QED) is 0.514. The van der Waals surface area contributed by atoms with E-state index < -0.39 is 12.5 Å². The number of allylic oxidation sites excluding steroid dienone is 2. The second kappa shape index (κ2) is 5.30. The average molecular weight is 130 g/mol. The predicted octanol–water partition coefficient (Wildman–Crippen LogP) is 2.22. The van der Waals surface area contributed by atoms with E-state index in [4.69, 9.17) is 6.42 Å².